The summed E-state index contributed by atoms with van der Waals surface area (Å²) >= 11 is 0. The van der Waals surface area contributed by atoms with E-state index in [9.17, 15) is 4.39 Å². The van der Waals surface area contributed by atoms with Crippen LogP contribution in [0.4, 0.5) is 4.39 Å². The van der Waals surface area contributed by atoms with Crippen LogP contribution >= 0.6 is 0 Å². The average Bonchev–Trinajstić information content (AvgIpc) is 3.06. The molecule has 0 radical (unpaired) electrons. The van der Waals surface area contributed by atoms with Crippen molar-refractivity contribution >= 4 is 0 Å². The van der Waals surface area contributed by atoms with Crippen molar-refractivity contribution in [2.45, 2.75) is 6.67 Å². The maximum atomic E-state index is 13.3. The molecule has 5 heteroatoms. The van der Waals surface area contributed by atoms with E-state index in [1.165, 1.54) is 0 Å². The highest BCUT2D eigenvalue weighted by atomic mass is 18.2. The minimum Gasteiger partial charge on any atom is -0.497 e. The summed E-state index contributed by atoms with van der Waals surface area (Å²) in [6.07, 6.45) is 0. The van der Waals surface area contributed by atoms with Crippen LogP contribution in [0.3, 0.4) is 0 Å². The zero-order chi connectivity index (χ0) is 16.2. The Morgan fingerprint density at radius 2 is 1.39 bits per heavy atom. The van der Waals surface area contributed by atoms with Crippen LogP contribution in [0, 0.1) is 0 Å². The lowest BCUT2D eigenvalue weighted by Gasteiger charge is -2.06. The first kappa shape index (κ1) is 15.1. The Bertz CT molecular complexity index is 779. The van der Waals surface area contributed by atoms with Crippen LogP contribution in [-0.4, -0.2) is 19.4 Å². The normalized spacial score (nSPS) is 10.6. The van der Waals surface area contributed by atoms with Crippen LogP contribution in [0.5, 0.6) is 11.5 Å². The fourth-order valence-electron chi connectivity index (χ4n) is 2.42. The Morgan fingerprint density at radius 1 is 0.870 bits per heavy atom. The zero-order valence-electron chi connectivity index (χ0n) is 12.9. The number of aromatic nitrogens is 1. The molecule has 0 aliphatic heterocycles. The third-order valence-electron chi connectivity index (χ3n) is 3.63. The molecule has 4 nitrogen and oxygen atoms in total. The summed E-state index contributed by atoms with van der Waals surface area (Å²) < 4.78 is 28.8. The van der Waals surface area contributed by atoms with Gasteiger partial charge in [0.25, 0.3) is 0 Å². The van der Waals surface area contributed by atoms with Crippen molar-refractivity contribution in [3.63, 3.8) is 0 Å². The Morgan fingerprint density at radius 3 is 1.87 bits per heavy atom. The van der Waals surface area contributed by atoms with Gasteiger partial charge in [0.05, 0.1) is 19.8 Å². The Kier molecular flexibility index (Phi) is 4.28. The second-order valence-corrected chi connectivity index (χ2v) is 4.92. The average molecular weight is 312 g/mol. The third kappa shape index (κ3) is 2.90. The van der Waals surface area contributed by atoms with Crippen molar-refractivity contribution in [2.24, 2.45) is 0 Å². The molecule has 23 heavy (non-hydrogen) atoms. The molecule has 0 aliphatic carbocycles. The zero-order valence-corrected chi connectivity index (χ0v) is 12.9. The van der Waals surface area contributed by atoms with Gasteiger partial charge in [0.1, 0.15) is 17.2 Å². The summed E-state index contributed by atoms with van der Waals surface area (Å²) in [5.41, 5.74) is 2.91. The number of halogens is 1. The lowest BCUT2D eigenvalue weighted by atomic mass is 9.99. The van der Waals surface area contributed by atoms with Gasteiger partial charge in [-0.3, -0.25) is 0 Å². The van der Waals surface area contributed by atoms with Crippen molar-refractivity contribution in [3.05, 3.63) is 54.3 Å². The SMILES string of the molecule is [12CH3]Oc1ccc(-c2noc(C[18F])c2-c2ccc(O[12CH3])cc2)cc1. The molecule has 0 unspecified atom stereocenters. The Balaban J connectivity index is 2.08. The lowest BCUT2D eigenvalue weighted by molar-refractivity contribution is 0.332. The molecule has 0 saturated carbocycles. The van der Waals surface area contributed by atoms with E-state index in [1.807, 2.05) is 48.5 Å². The van der Waals surface area contributed by atoms with E-state index in [-0.39, 0.29) is 5.76 Å². The molecule has 0 saturated heterocycles. The molecule has 0 atom stereocenters. The van der Waals surface area contributed by atoms with Crippen LogP contribution in [0.1, 0.15) is 5.76 Å². The highest BCUT2D eigenvalue weighted by molar-refractivity contribution is 5.82. The molecule has 0 bridgehead atoms. The Hall–Kier alpha value is -2.82. The summed E-state index contributed by atoms with van der Waals surface area (Å²) in [4.78, 5) is 0. The van der Waals surface area contributed by atoms with E-state index in [0.717, 1.165) is 22.6 Å². The molecule has 0 fully saturated rings. The largest absolute Gasteiger partial charge is 0.497 e. The van der Waals surface area contributed by atoms with E-state index < -0.39 is 6.67 Å². The minimum atomic E-state index is -0.718. The van der Waals surface area contributed by atoms with Gasteiger partial charge in [-0.25, -0.2) is 4.39 Å². The number of alkyl halides is 1. The van der Waals surface area contributed by atoms with Gasteiger partial charge < -0.3 is 14.0 Å². The molecule has 1 aromatic heterocycles. The maximum Gasteiger partial charge on any atom is 0.176 e. The molecule has 3 rings (SSSR count). The van der Waals surface area contributed by atoms with Crippen LogP contribution in [0.15, 0.2) is 53.1 Å². The molecule has 118 valence electrons. The minimum absolute atomic E-state index is 0.209. The number of nitrogens with zero attached hydrogens (tertiary/aromatic N) is 1. The smallest absolute Gasteiger partial charge is 0.176 e. The van der Waals surface area contributed by atoms with Gasteiger partial charge in [0, 0.05) is 5.56 Å². The number of rotatable bonds is 5. The van der Waals surface area contributed by atoms with Gasteiger partial charge >= 0.3 is 0 Å². The van der Waals surface area contributed by atoms with Crippen LogP contribution in [0.2, 0.25) is 0 Å². The summed E-state index contributed by atoms with van der Waals surface area (Å²) in [6, 6.07) is 14.8. The van der Waals surface area contributed by atoms with Gasteiger partial charge in [-0.1, -0.05) is 17.3 Å². The van der Waals surface area contributed by atoms with Crippen molar-refractivity contribution in [1.29, 1.82) is 0 Å². The molecule has 3 aromatic rings. The first-order valence-corrected chi connectivity index (χ1v) is 7.10. The molecule has 0 N–H and O–H groups in total. The van der Waals surface area contributed by atoms with E-state index in [0.29, 0.717) is 11.3 Å². The van der Waals surface area contributed by atoms with Crippen molar-refractivity contribution in [2.75, 3.05) is 14.2 Å². The van der Waals surface area contributed by atoms with Crippen molar-refractivity contribution in [3.8, 4) is 33.9 Å². The quantitative estimate of drug-likeness (QED) is 0.696. The molecule has 2 aromatic carbocycles. The summed E-state index contributed by atoms with van der Waals surface area (Å²) in [6.45, 7) is -0.718. The third-order valence-corrected chi connectivity index (χ3v) is 3.63. The highest BCUT2D eigenvalue weighted by Crippen LogP contribution is 2.36. The number of benzene rings is 2. The van der Waals surface area contributed by atoms with E-state index in [1.54, 1.807) is 14.2 Å². The number of hydrogen-bond donors (Lipinski definition) is 0. The lowest BCUT2D eigenvalue weighted by Crippen LogP contribution is -1.88. The van der Waals surface area contributed by atoms with E-state index in [2.05, 4.69) is 5.16 Å². The molecule has 1 heterocycles. The molecular weight excluding hydrogens is 296 g/mol. The maximum absolute atomic E-state index is 13.3. The van der Waals surface area contributed by atoms with E-state index >= 15 is 0 Å². The fourth-order valence-corrected chi connectivity index (χ4v) is 2.42. The summed E-state index contributed by atoms with van der Waals surface area (Å²) in [5.74, 6) is 1.69. The molecule has 0 amide bonds. The number of hydrogen-bond acceptors (Lipinski definition) is 4. The second kappa shape index (κ2) is 6.52. The number of methoxy groups -OCH3 is 2. The predicted molar refractivity (Wildman–Crippen MR) is 85.3 cm³/mol. The summed E-state index contributed by atoms with van der Waals surface area (Å²) in [5, 5.41) is 4.04. The summed E-state index contributed by atoms with van der Waals surface area (Å²) in [7, 11) is 3.21. The van der Waals surface area contributed by atoms with Gasteiger partial charge in [-0.2, -0.15) is 0 Å². The Labute approximate surface area is 133 Å². The first-order chi connectivity index (χ1) is 11.3. The highest BCUT2D eigenvalue weighted by Gasteiger charge is 2.19. The van der Waals surface area contributed by atoms with Crippen LogP contribution in [-0.2, 0) is 6.67 Å². The standard InChI is InChI=1S/C18H16FNO3/c1-21-14-7-3-12(4-8-14)17-16(11-19)23-20-18(17)13-5-9-15(22-2)10-6-13/h3-10H,11H2,1-2H3/i1+0,2+0,19-1. The van der Waals surface area contributed by atoms with E-state index in [4.69, 9.17) is 14.0 Å². The molecule has 0 spiro atoms. The van der Waals surface area contributed by atoms with Crippen LogP contribution < -0.4 is 9.47 Å². The fraction of sp³-hybridized carbons (Fsp3) is 0.167. The van der Waals surface area contributed by atoms with Crippen LogP contribution in [0.25, 0.3) is 22.4 Å². The van der Waals surface area contributed by atoms with Gasteiger partial charge in [0.15, 0.2) is 12.4 Å². The van der Waals surface area contributed by atoms with Crippen molar-refractivity contribution in [1.82, 2.24) is 5.16 Å². The monoisotopic (exact) mass is 312 g/mol. The second-order valence-electron chi connectivity index (χ2n) is 4.92. The molecule has 0 aliphatic rings. The predicted octanol–water partition coefficient (Wildman–Crippen LogP) is 4.50. The molecular formula is C18H16FNO3. The van der Waals surface area contributed by atoms with Gasteiger partial charge in [0.2, 0.25) is 0 Å². The van der Waals surface area contributed by atoms with Gasteiger partial charge in [-0.05, 0) is 42.0 Å². The number of ether oxygens (including phenoxy) is 2. The van der Waals surface area contributed by atoms with Crippen molar-refractivity contribution < 1.29 is 18.4 Å². The topological polar surface area (TPSA) is 44.5 Å². The van der Waals surface area contributed by atoms with Gasteiger partial charge in [-0.15, -0.1) is 0 Å². The first-order valence-electron chi connectivity index (χ1n) is 7.10.